The number of rotatable bonds is 0. The Morgan fingerprint density at radius 3 is 1.58 bits per heavy atom. The second-order valence-corrected chi connectivity index (χ2v) is 4.62. The number of carbonyl (C=O) groups excluding carboxylic acids is 2. The van der Waals surface area contributed by atoms with Crippen molar-refractivity contribution >= 4 is 11.9 Å². The van der Waals surface area contributed by atoms with E-state index in [0.29, 0.717) is 6.42 Å². The van der Waals surface area contributed by atoms with E-state index in [4.69, 9.17) is 0 Å². The molecule has 0 amide bonds. The minimum atomic E-state index is -0.530. The van der Waals surface area contributed by atoms with Gasteiger partial charge in [0.15, 0.2) is 0 Å². The van der Waals surface area contributed by atoms with Crippen LogP contribution in [-0.4, -0.2) is 11.9 Å². The van der Waals surface area contributed by atoms with Crippen molar-refractivity contribution in [1.82, 2.24) is 0 Å². The number of esters is 2. The van der Waals surface area contributed by atoms with Crippen LogP contribution in [0.5, 0.6) is 0 Å². The highest BCUT2D eigenvalue weighted by Gasteiger charge is 2.47. The molecule has 1 saturated heterocycles. The van der Waals surface area contributed by atoms with Crippen LogP contribution < -0.4 is 0 Å². The van der Waals surface area contributed by atoms with E-state index in [1.54, 1.807) is 27.7 Å². The Morgan fingerprint density at radius 2 is 1.33 bits per heavy atom. The zero-order valence-electron chi connectivity index (χ0n) is 7.93. The van der Waals surface area contributed by atoms with Gasteiger partial charge in [0.05, 0.1) is 10.8 Å². The summed E-state index contributed by atoms with van der Waals surface area (Å²) < 4.78 is 4.64. The lowest BCUT2D eigenvalue weighted by atomic mass is 9.73. The van der Waals surface area contributed by atoms with E-state index >= 15 is 0 Å². The molecule has 1 heterocycles. The van der Waals surface area contributed by atoms with Gasteiger partial charge in [-0.05, 0) is 34.1 Å². The molecule has 3 nitrogen and oxygen atoms in total. The predicted octanol–water partition coefficient (Wildman–Crippen LogP) is 1.51. The van der Waals surface area contributed by atoms with Crippen molar-refractivity contribution in [2.75, 3.05) is 0 Å². The summed E-state index contributed by atoms with van der Waals surface area (Å²) in [6, 6.07) is 0. The normalized spacial score (nSPS) is 26.7. The number of hydrogen-bond acceptors (Lipinski definition) is 3. The first-order chi connectivity index (χ1) is 5.26. The van der Waals surface area contributed by atoms with E-state index in [1.807, 2.05) is 0 Å². The van der Waals surface area contributed by atoms with Gasteiger partial charge in [-0.3, -0.25) is 9.59 Å². The van der Waals surface area contributed by atoms with E-state index in [9.17, 15) is 9.59 Å². The second-order valence-electron chi connectivity index (χ2n) is 4.62. The summed E-state index contributed by atoms with van der Waals surface area (Å²) in [4.78, 5) is 22.3. The lowest BCUT2D eigenvalue weighted by Crippen LogP contribution is -2.44. The Kier molecular flexibility index (Phi) is 1.78. The molecule has 0 atom stereocenters. The fourth-order valence-corrected chi connectivity index (χ4v) is 1.61. The maximum absolute atomic E-state index is 11.2. The molecule has 0 saturated carbocycles. The summed E-state index contributed by atoms with van der Waals surface area (Å²) in [5, 5.41) is 0. The van der Waals surface area contributed by atoms with Gasteiger partial charge in [0.2, 0.25) is 0 Å². The SMILES string of the molecule is CC1(C)CC(C)(C)C(=O)OC1=O. The third kappa shape index (κ3) is 1.36. The Morgan fingerprint density at radius 1 is 1.00 bits per heavy atom. The van der Waals surface area contributed by atoms with Crippen LogP contribution in [0.25, 0.3) is 0 Å². The minimum absolute atomic E-state index is 0.410. The third-order valence-electron chi connectivity index (χ3n) is 2.17. The molecule has 0 unspecified atom stereocenters. The lowest BCUT2D eigenvalue weighted by molar-refractivity contribution is -0.182. The Balaban J connectivity index is 2.93. The number of hydrogen-bond donors (Lipinski definition) is 0. The molecule has 0 radical (unpaired) electrons. The lowest BCUT2D eigenvalue weighted by Gasteiger charge is -2.36. The molecule has 1 rings (SSSR count). The Hall–Kier alpha value is -0.860. The maximum Gasteiger partial charge on any atom is 0.319 e. The summed E-state index contributed by atoms with van der Waals surface area (Å²) >= 11 is 0. The first-order valence-electron chi connectivity index (χ1n) is 4.02. The number of ether oxygens (including phenoxy) is 1. The van der Waals surface area contributed by atoms with Gasteiger partial charge in [0.25, 0.3) is 0 Å². The summed E-state index contributed by atoms with van der Waals surface area (Å²) in [7, 11) is 0. The minimum Gasteiger partial charge on any atom is -0.392 e. The van der Waals surface area contributed by atoms with E-state index in [0.717, 1.165) is 0 Å². The van der Waals surface area contributed by atoms with Gasteiger partial charge >= 0.3 is 11.9 Å². The molecule has 0 aliphatic carbocycles. The summed E-state index contributed by atoms with van der Waals surface area (Å²) in [5.74, 6) is -0.821. The van der Waals surface area contributed by atoms with Crippen molar-refractivity contribution in [2.45, 2.75) is 34.1 Å². The molecule has 3 heteroatoms. The van der Waals surface area contributed by atoms with Crippen LogP contribution in [0, 0.1) is 10.8 Å². The standard InChI is InChI=1S/C9H14O3/c1-8(2)5-9(3,4)7(11)12-6(8)10/h5H2,1-4H3. The smallest absolute Gasteiger partial charge is 0.319 e. The molecule has 1 aliphatic heterocycles. The largest absolute Gasteiger partial charge is 0.392 e. The molecule has 0 spiro atoms. The number of carbonyl (C=O) groups is 2. The van der Waals surface area contributed by atoms with Crippen LogP contribution in [0.2, 0.25) is 0 Å². The zero-order valence-corrected chi connectivity index (χ0v) is 7.93. The van der Waals surface area contributed by atoms with Gasteiger partial charge in [0.1, 0.15) is 0 Å². The van der Waals surface area contributed by atoms with Crippen LogP contribution >= 0.6 is 0 Å². The van der Waals surface area contributed by atoms with Crippen molar-refractivity contribution in [3.8, 4) is 0 Å². The summed E-state index contributed by atoms with van der Waals surface area (Å²) in [5.41, 5.74) is -1.06. The molecular weight excluding hydrogens is 156 g/mol. The van der Waals surface area contributed by atoms with Crippen LogP contribution in [0.3, 0.4) is 0 Å². The van der Waals surface area contributed by atoms with Gasteiger partial charge in [-0.15, -0.1) is 0 Å². The molecule has 0 N–H and O–H groups in total. The fourth-order valence-electron chi connectivity index (χ4n) is 1.61. The Bertz CT molecular complexity index is 214. The molecule has 0 aromatic carbocycles. The molecular formula is C9H14O3. The third-order valence-corrected chi connectivity index (χ3v) is 2.17. The topological polar surface area (TPSA) is 43.4 Å². The fraction of sp³-hybridized carbons (Fsp3) is 0.778. The summed E-state index contributed by atoms with van der Waals surface area (Å²) in [6.45, 7) is 7.18. The monoisotopic (exact) mass is 170 g/mol. The first kappa shape index (κ1) is 9.23. The highest BCUT2D eigenvalue weighted by molar-refractivity contribution is 5.94. The average Bonchev–Trinajstić information content (AvgIpc) is 1.82. The Labute approximate surface area is 72.1 Å². The van der Waals surface area contributed by atoms with E-state index in [1.165, 1.54) is 0 Å². The van der Waals surface area contributed by atoms with Crippen LogP contribution in [0.4, 0.5) is 0 Å². The molecule has 0 aromatic rings. The molecule has 0 bridgehead atoms. The average molecular weight is 170 g/mol. The van der Waals surface area contributed by atoms with Gasteiger partial charge in [-0.1, -0.05) is 0 Å². The second kappa shape index (κ2) is 2.31. The van der Waals surface area contributed by atoms with Gasteiger partial charge in [-0.2, -0.15) is 0 Å². The van der Waals surface area contributed by atoms with Crippen molar-refractivity contribution in [3.63, 3.8) is 0 Å². The van der Waals surface area contributed by atoms with Crippen molar-refractivity contribution in [2.24, 2.45) is 10.8 Å². The van der Waals surface area contributed by atoms with Crippen LogP contribution in [0.1, 0.15) is 34.1 Å². The van der Waals surface area contributed by atoms with Gasteiger partial charge in [0, 0.05) is 0 Å². The molecule has 1 aliphatic rings. The predicted molar refractivity (Wildman–Crippen MR) is 43.3 cm³/mol. The van der Waals surface area contributed by atoms with E-state index in [-0.39, 0.29) is 0 Å². The van der Waals surface area contributed by atoms with Crippen LogP contribution in [-0.2, 0) is 14.3 Å². The zero-order chi connectivity index (χ0) is 9.57. The number of cyclic esters (lactones) is 2. The van der Waals surface area contributed by atoms with Gasteiger partial charge in [-0.25, -0.2) is 0 Å². The molecule has 0 aromatic heterocycles. The first-order valence-corrected chi connectivity index (χ1v) is 4.02. The van der Waals surface area contributed by atoms with E-state index < -0.39 is 22.8 Å². The van der Waals surface area contributed by atoms with Crippen molar-refractivity contribution < 1.29 is 14.3 Å². The van der Waals surface area contributed by atoms with Crippen molar-refractivity contribution in [1.29, 1.82) is 0 Å². The van der Waals surface area contributed by atoms with Crippen LogP contribution in [0.15, 0.2) is 0 Å². The van der Waals surface area contributed by atoms with Crippen molar-refractivity contribution in [3.05, 3.63) is 0 Å². The summed E-state index contributed by atoms with van der Waals surface area (Å²) in [6.07, 6.45) is 0.553. The maximum atomic E-state index is 11.2. The highest BCUT2D eigenvalue weighted by atomic mass is 16.6. The molecule has 1 fully saturated rings. The van der Waals surface area contributed by atoms with E-state index in [2.05, 4.69) is 4.74 Å². The quantitative estimate of drug-likeness (QED) is 0.409. The highest BCUT2D eigenvalue weighted by Crippen LogP contribution is 2.39. The molecule has 12 heavy (non-hydrogen) atoms. The van der Waals surface area contributed by atoms with Gasteiger partial charge < -0.3 is 4.74 Å². The molecule has 68 valence electrons.